The molecule has 0 aromatic rings. The molecule has 0 amide bonds. The Morgan fingerprint density at radius 1 is 1.70 bits per heavy atom. The number of rotatable bonds is 4. The number of hydrogen-bond acceptors (Lipinski definition) is 1. The van der Waals surface area contributed by atoms with Gasteiger partial charge in [-0.1, -0.05) is 13.8 Å². The van der Waals surface area contributed by atoms with Crippen LogP contribution in [0.1, 0.15) is 13.8 Å². The largest absolute Gasteiger partial charge is 0.245 e. The lowest BCUT2D eigenvalue weighted by Crippen LogP contribution is -2.01. The lowest BCUT2D eigenvalue weighted by Gasteiger charge is -1.97. The van der Waals surface area contributed by atoms with E-state index in [2.05, 4.69) is 4.40 Å². The van der Waals surface area contributed by atoms with Gasteiger partial charge in [0.25, 0.3) is 0 Å². The summed E-state index contributed by atoms with van der Waals surface area (Å²) in [5.41, 5.74) is 0. The molecule has 0 N–H and O–H groups in total. The van der Waals surface area contributed by atoms with Gasteiger partial charge in [0, 0.05) is 12.0 Å². The van der Waals surface area contributed by atoms with Gasteiger partial charge < -0.3 is 0 Å². The maximum atomic E-state index is 11.4. The van der Waals surface area contributed by atoms with Crippen LogP contribution in [0.2, 0.25) is 0 Å². The highest BCUT2D eigenvalue weighted by atomic mass is 32.2. The molecule has 0 aromatic carbocycles. The molecule has 0 radical (unpaired) electrons. The number of nitrogens with zero attached hydrogens (tertiary/aromatic N) is 1. The molecule has 60 valence electrons. The summed E-state index contributed by atoms with van der Waals surface area (Å²) in [5.74, 6) is 0.855. The molecule has 4 heteroatoms. The number of halogens is 1. The van der Waals surface area contributed by atoms with Crippen molar-refractivity contribution in [3.63, 3.8) is 0 Å². The Morgan fingerprint density at radius 3 is 2.70 bits per heavy atom. The minimum Gasteiger partial charge on any atom is -0.245 e. The summed E-state index contributed by atoms with van der Waals surface area (Å²) in [5, 5.41) is 0. The highest BCUT2D eigenvalue weighted by Crippen LogP contribution is 1.95. The summed E-state index contributed by atoms with van der Waals surface area (Å²) in [6.45, 7) is 3.26. The van der Waals surface area contributed by atoms with Gasteiger partial charge in [-0.15, -0.1) is 0 Å². The van der Waals surface area contributed by atoms with Gasteiger partial charge >= 0.3 is 0 Å². The van der Waals surface area contributed by atoms with Gasteiger partial charge in [0.2, 0.25) is 0 Å². The van der Waals surface area contributed by atoms with Crippen LogP contribution in [0.25, 0.3) is 0 Å². The SMILES string of the molecule is CC(C)C[S@@](=O)N=CCF. The molecule has 0 fully saturated rings. The van der Waals surface area contributed by atoms with Crippen molar-refractivity contribution in [2.45, 2.75) is 13.8 Å². The van der Waals surface area contributed by atoms with Crippen molar-refractivity contribution in [3.05, 3.63) is 0 Å². The molecular formula is C6H12FNOS. The quantitative estimate of drug-likeness (QED) is 0.578. The Morgan fingerprint density at radius 2 is 2.30 bits per heavy atom. The molecule has 0 bridgehead atoms. The predicted molar refractivity (Wildman–Crippen MR) is 42.3 cm³/mol. The lowest BCUT2D eigenvalue weighted by atomic mass is 10.3. The molecule has 0 aliphatic rings. The highest BCUT2D eigenvalue weighted by Gasteiger charge is 1.98. The standard InChI is InChI=1S/C6H12FNOS/c1-6(2)5-10(9)8-4-3-7/h4,6H,3,5H2,1-2H3/t10-/m1/s1. The molecule has 2 nitrogen and oxygen atoms in total. The summed E-state index contributed by atoms with van der Waals surface area (Å²) in [6, 6.07) is 0. The zero-order chi connectivity index (χ0) is 7.98. The van der Waals surface area contributed by atoms with E-state index in [1.165, 1.54) is 0 Å². The smallest absolute Gasteiger partial charge is 0.139 e. The summed E-state index contributed by atoms with van der Waals surface area (Å²) in [4.78, 5) is 0. The molecule has 0 unspecified atom stereocenters. The lowest BCUT2D eigenvalue weighted by molar-refractivity contribution is 0.588. The molecule has 1 atom stereocenters. The van der Waals surface area contributed by atoms with E-state index in [0.29, 0.717) is 11.7 Å². The van der Waals surface area contributed by atoms with Crippen LogP contribution in [0.15, 0.2) is 4.40 Å². The topological polar surface area (TPSA) is 29.4 Å². The van der Waals surface area contributed by atoms with E-state index in [4.69, 9.17) is 0 Å². The second kappa shape index (κ2) is 5.53. The number of hydrogen-bond donors (Lipinski definition) is 0. The molecule has 10 heavy (non-hydrogen) atoms. The van der Waals surface area contributed by atoms with Crippen molar-refractivity contribution >= 4 is 17.2 Å². The summed E-state index contributed by atoms with van der Waals surface area (Å²) in [7, 11) is -1.22. The highest BCUT2D eigenvalue weighted by molar-refractivity contribution is 7.83. The fourth-order valence-electron chi connectivity index (χ4n) is 0.439. The Bertz CT molecular complexity index is 136. The van der Waals surface area contributed by atoms with Crippen LogP contribution in [0.3, 0.4) is 0 Å². The Balaban J connectivity index is 3.54. The summed E-state index contributed by atoms with van der Waals surface area (Å²) < 4.78 is 25.6. The molecule has 0 heterocycles. The maximum Gasteiger partial charge on any atom is 0.139 e. The van der Waals surface area contributed by atoms with E-state index in [1.54, 1.807) is 0 Å². The van der Waals surface area contributed by atoms with Crippen LogP contribution in [-0.2, 0) is 11.0 Å². The Kier molecular flexibility index (Phi) is 5.39. The fraction of sp³-hybridized carbons (Fsp3) is 0.833. The molecule has 0 saturated heterocycles. The van der Waals surface area contributed by atoms with Crippen molar-refractivity contribution in [2.24, 2.45) is 10.3 Å². The molecular weight excluding hydrogens is 153 g/mol. The van der Waals surface area contributed by atoms with Crippen LogP contribution in [0.5, 0.6) is 0 Å². The normalized spacial score (nSPS) is 14.8. The van der Waals surface area contributed by atoms with Gasteiger partial charge in [-0.3, -0.25) is 0 Å². The second-order valence-corrected chi connectivity index (χ2v) is 3.51. The number of alkyl halides is 1. The second-order valence-electron chi connectivity index (χ2n) is 2.32. The Hall–Kier alpha value is -0.250. The molecule has 0 aliphatic carbocycles. The minimum absolute atomic E-state index is 0.345. The first-order valence-electron chi connectivity index (χ1n) is 3.13. The van der Waals surface area contributed by atoms with Crippen molar-refractivity contribution in [3.8, 4) is 0 Å². The first-order chi connectivity index (χ1) is 4.66. The zero-order valence-corrected chi connectivity index (χ0v) is 7.03. The minimum atomic E-state index is -1.22. The van der Waals surface area contributed by atoms with Crippen LogP contribution < -0.4 is 0 Å². The maximum absolute atomic E-state index is 11.4. The fourth-order valence-corrected chi connectivity index (χ4v) is 1.32. The molecule has 0 spiro atoms. The summed E-state index contributed by atoms with van der Waals surface area (Å²) >= 11 is 0. The average molecular weight is 165 g/mol. The van der Waals surface area contributed by atoms with Crippen molar-refractivity contribution < 1.29 is 8.60 Å². The van der Waals surface area contributed by atoms with Gasteiger partial charge in [-0.05, 0) is 5.92 Å². The molecule has 0 aromatic heterocycles. The van der Waals surface area contributed by atoms with E-state index in [1.807, 2.05) is 13.8 Å². The third-order valence-electron chi connectivity index (χ3n) is 0.737. The third kappa shape index (κ3) is 5.88. The first kappa shape index (κ1) is 9.75. The van der Waals surface area contributed by atoms with Gasteiger partial charge in [-0.2, -0.15) is 4.40 Å². The summed E-state index contributed by atoms with van der Waals surface area (Å²) in [6.07, 6.45) is 1.04. The van der Waals surface area contributed by atoms with E-state index >= 15 is 0 Å². The predicted octanol–water partition coefficient (Wildman–Crippen LogP) is 1.35. The van der Waals surface area contributed by atoms with E-state index < -0.39 is 17.7 Å². The van der Waals surface area contributed by atoms with E-state index in [9.17, 15) is 8.60 Å². The van der Waals surface area contributed by atoms with Crippen molar-refractivity contribution in [1.29, 1.82) is 0 Å². The van der Waals surface area contributed by atoms with Gasteiger partial charge in [0.05, 0.1) is 0 Å². The van der Waals surface area contributed by atoms with Crippen LogP contribution >= 0.6 is 0 Å². The monoisotopic (exact) mass is 165 g/mol. The van der Waals surface area contributed by atoms with Gasteiger partial charge in [0.15, 0.2) is 0 Å². The average Bonchev–Trinajstić information content (AvgIpc) is 1.82. The van der Waals surface area contributed by atoms with E-state index in [-0.39, 0.29) is 0 Å². The third-order valence-corrected chi connectivity index (χ3v) is 2.07. The van der Waals surface area contributed by atoms with Crippen LogP contribution in [0.4, 0.5) is 4.39 Å². The van der Waals surface area contributed by atoms with Crippen molar-refractivity contribution in [2.75, 3.05) is 12.4 Å². The molecule has 0 rings (SSSR count). The first-order valence-corrected chi connectivity index (χ1v) is 4.41. The van der Waals surface area contributed by atoms with Crippen molar-refractivity contribution in [1.82, 2.24) is 0 Å². The van der Waals surface area contributed by atoms with Gasteiger partial charge in [-0.25, -0.2) is 8.60 Å². The molecule has 0 aliphatic heterocycles. The Labute approximate surface area is 63.1 Å². The van der Waals surface area contributed by atoms with Gasteiger partial charge in [0.1, 0.15) is 17.7 Å². The van der Waals surface area contributed by atoms with Crippen LogP contribution in [-0.4, -0.2) is 22.9 Å². The van der Waals surface area contributed by atoms with Crippen LogP contribution in [0, 0.1) is 5.92 Å². The molecule has 0 saturated carbocycles. The van der Waals surface area contributed by atoms with E-state index in [0.717, 1.165) is 6.21 Å². The zero-order valence-electron chi connectivity index (χ0n) is 6.21.